The van der Waals surface area contributed by atoms with Crippen LogP contribution in [0.25, 0.3) is 10.4 Å². The maximum Gasteiger partial charge on any atom is 0.573 e. The molecular weight excluding hydrogens is 571 g/mol. The Bertz CT molecular complexity index is 1440. The summed E-state index contributed by atoms with van der Waals surface area (Å²) in [5.74, 6) is -1.64. The molecule has 42 heavy (non-hydrogen) atoms. The van der Waals surface area contributed by atoms with Gasteiger partial charge in [0.15, 0.2) is 0 Å². The van der Waals surface area contributed by atoms with Crippen molar-refractivity contribution in [3.63, 3.8) is 0 Å². The van der Waals surface area contributed by atoms with Gasteiger partial charge in [0.1, 0.15) is 10.8 Å². The van der Waals surface area contributed by atoms with Gasteiger partial charge >= 0.3 is 18.4 Å². The molecule has 0 saturated heterocycles. The van der Waals surface area contributed by atoms with Crippen molar-refractivity contribution in [3.8, 4) is 16.2 Å². The monoisotopic (exact) mass is 603 g/mol. The third kappa shape index (κ3) is 7.81. The van der Waals surface area contributed by atoms with Gasteiger partial charge in [0.05, 0.1) is 11.6 Å². The molecule has 4 rings (SSSR count). The normalized spacial score (nSPS) is 13.8. The molecule has 3 aromatic rings. The Morgan fingerprint density at radius 1 is 0.929 bits per heavy atom. The van der Waals surface area contributed by atoms with Crippen molar-refractivity contribution in [1.82, 2.24) is 5.06 Å². The van der Waals surface area contributed by atoms with E-state index in [2.05, 4.69) is 15.4 Å². The highest BCUT2D eigenvalue weighted by atomic mass is 32.1. The van der Waals surface area contributed by atoms with E-state index in [1.807, 2.05) is 32.9 Å². The van der Waals surface area contributed by atoms with E-state index in [1.165, 1.54) is 37.3 Å². The van der Waals surface area contributed by atoms with Crippen LogP contribution in [0, 0.1) is 20.8 Å². The predicted molar refractivity (Wildman–Crippen MR) is 155 cm³/mol. The molecule has 0 unspecified atom stereocenters. The second-order valence-corrected chi connectivity index (χ2v) is 11.3. The maximum atomic E-state index is 13.9. The lowest BCUT2D eigenvalue weighted by Gasteiger charge is -2.32. The summed E-state index contributed by atoms with van der Waals surface area (Å²) >= 11 is 1.07. The Balaban J connectivity index is 1.68. The number of carbonyl (C=O) groups is 3. The number of halogens is 3. The molecule has 12 heteroatoms. The minimum absolute atomic E-state index is 0.0879. The zero-order chi connectivity index (χ0) is 30.6. The minimum atomic E-state index is -4.83. The summed E-state index contributed by atoms with van der Waals surface area (Å²) < 4.78 is 41.9. The van der Waals surface area contributed by atoms with Crippen LogP contribution < -0.4 is 15.4 Å². The number of alkyl halides is 3. The SMILES string of the molecule is CC(=O)ON(C(=O)c1cc(-c2ccc(OC(F)(F)F)cc2)sc1NC(=O)Nc1c(C)cc(C)cc1C)C1CCCCC1. The lowest BCUT2D eigenvalue weighted by molar-refractivity contribution is -0.274. The highest BCUT2D eigenvalue weighted by Gasteiger charge is 2.33. The molecule has 1 heterocycles. The number of carbonyl (C=O) groups excluding carboxylic acids is 3. The second kappa shape index (κ2) is 12.8. The van der Waals surface area contributed by atoms with E-state index >= 15 is 0 Å². The van der Waals surface area contributed by atoms with Gasteiger partial charge in [-0.1, -0.05) is 37.0 Å². The number of hydrogen-bond acceptors (Lipinski definition) is 6. The number of anilines is 2. The van der Waals surface area contributed by atoms with Crippen molar-refractivity contribution in [2.75, 3.05) is 10.6 Å². The molecule has 1 saturated carbocycles. The fourth-order valence-corrected chi connectivity index (χ4v) is 6.14. The van der Waals surface area contributed by atoms with Gasteiger partial charge in [-0.15, -0.1) is 24.5 Å². The van der Waals surface area contributed by atoms with Gasteiger partial charge in [0, 0.05) is 17.5 Å². The third-order valence-electron chi connectivity index (χ3n) is 6.81. The third-order valence-corrected chi connectivity index (χ3v) is 7.91. The number of hydroxylamine groups is 2. The lowest BCUT2D eigenvalue weighted by atomic mass is 9.95. The summed E-state index contributed by atoms with van der Waals surface area (Å²) in [6.45, 7) is 6.92. The number of thiophene rings is 1. The van der Waals surface area contributed by atoms with Crippen LogP contribution in [0.15, 0.2) is 42.5 Å². The van der Waals surface area contributed by atoms with Crippen LogP contribution in [-0.4, -0.2) is 35.4 Å². The van der Waals surface area contributed by atoms with Crippen LogP contribution in [0.4, 0.5) is 28.7 Å². The first-order valence-corrected chi connectivity index (χ1v) is 14.3. The van der Waals surface area contributed by atoms with E-state index in [9.17, 15) is 27.6 Å². The minimum Gasteiger partial charge on any atom is -0.406 e. The number of nitrogens with zero attached hydrogens (tertiary/aromatic N) is 1. The molecular formula is C30H32F3N3O5S. The predicted octanol–water partition coefficient (Wildman–Crippen LogP) is 8.14. The van der Waals surface area contributed by atoms with Gasteiger partial charge in [-0.3, -0.25) is 14.9 Å². The molecule has 1 aliphatic rings. The van der Waals surface area contributed by atoms with Crippen LogP contribution in [0.2, 0.25) is 0 Å². The fourth-order valence-electron chi connectivity index (χ4n) is 5.09. The van der Waals surface area contributed by atoms with Crippen molar-refractivity contribution < 1.29 is 37.1 Å². The Morgan fingerprint density at radius 2 is 1.55 bits per heavy atom. The van der Waals surface area contributed by atoms with Gasteiger partial charge in [-0.2, -0.15) is 5.06 Å². The number of nitrogens with one attached hydrogen (secondary N) is 2. The molecule has 224 valence electrons. The first-order valence-electron chi connectivity index (χ1n) is 13.5. The Hall–Kier alpha value is -4.06. The Morgan fingerprint density at radius 3 is 2.12 bits per heavy atom. The summed E-state index contributed by atoms with van der Waals surface area (Å²) in [6.07, 6.45) is -0.751. The zero-order valence-corrected chi connectivity index (χ0v) is 24.5. The molecule has 1 aliphatic carbocycles. The first kappa shape index (κ1) is 30.9. The maximum absolute atomic E-state index is 13.9. The number of amides is 3. The van der Waals surface area contributed by atoms with Crippen molar-refractivity contribution in [2.24, 2.45) is 0 Å². The average molecular weight is 604 g/mol. The van der Waals surface area contributed by atoms with Gasteiger partial charge < -0.3 is 14.9 Å². The molecule has 2 aromatic carbocycles. The molecule has 1 aromatic heterocycles. The van der Waals surface area contributed by atoms with Gasteiger partial charge in [0.25, 0.3) is 5.91 Å². The lowest BCUT2D eigenvalue weighted by Crippen LogP contribution is -2.42. The van der Waals surface area contributed by atoms with Crippen LogP contribution in [0.3, 0.4) is 0 Å². The van der Waals surface area contributed by atoms with E-state index in [0.717, 1.165) is 52.4 Å². The van der Waals surface area contributed by atoms with E-state index in [-0.39, 0.29) is 22.4 Å². The molecule has 3 amide bonds. The van der Waals surface area contributed by atoms with Gasteiger partial charge in [-0.05, 0) is 80.6 Å². The standard InChI is InChI=1S/C30H32F3N3O5S/c1-17-14-18(2)26(19(3)15-17)34-29(39)35-27-24(28(38)36(41-20(4)37)22-8-6-5-7-9-22)16-25(42-27)21-10-12-23(13-11-21)40-30(31,32)33/h10-16,22H,5-9H2,1-4H3,(H2,34,35,39). The van der Waals surface area contributed by atoms with Gasteiger partial charge in [-0.25, -0.2) is 4.79 Å². The number of rotatable bonds is 6. The van der Waals surface area contributed by atoms with E-state index in [4.69, 9.17) is 4.84 Å². The largest absolute Gasteiger partial charge is 0.573 e. The number of benzene rings is 2. The molecule has 0 spiro atoms. The summed E-state index contributed by atoms with van der Waals surface area (Å²) in [6, 6.07) is 9.69. The van der Waals surface area contributed by atoms with Crippen LogP contribution >= 0.6 is 11.3 Å². The average Bonchev–Trinajstić information content (AvgIpc) is 3.32. The summed E-state index contributed by atoms with van der Waals surface area (Å²) in [7, 11) is 0. The molecule has 2 N–H and O–H groups in total. The van der Waals surface area contributed by atoms with E-state index in [1.54, 1.807) is 0 Å². The van der Waals surface area contributed by atoms with Crippen molar-refractivity contribution in [2.45, 2.75) is 72.2 Å². The summed E-state index contributed by atoms with van der Waals surface area (Å²) in [5, 5.41) is 6.89. The molecule has 0 aliphatic heterocycles. The molecule has 0 atom stereocenters. The topological polar surface area (TPSA) is 97.0 Å². The number of ether oxygens (including phenoxy) is 1. The number of aryl methyl sites for hydroxylation is 3. The molecule has 0 radical (unpaired) electrons. The molecule has 1 fully saturated rings. The van der Waals surface area contributed by atoms with Crippen molar-refractivity contribution in [3.05, 3.63) is 64.7 Å². The second-order valence-electron chi connectivity index (χ2n) is 10.3. The van der Waals surface area contributed by atoms with Crippen molar-refractivity contribution >= 4 is 39.9 Å². The summed E-state index contributed by atoms with van der Waals surface area (Å²) in [5.41, 5.74) is 4.00. The Labute approximate surface area is 245 Å². The number of hydrogen-bond donors (Lipinski definition) is 2. The van der Waals surface area contributed by atoms with Gasteiger partial charge in [0.2, 0.25) is 0 Å². The zero-order valence-electron chi connectivity index (χ0n) is 23.7. The highest BCUT2D eigenvalue weighted by Crippen LogP contribution is 2.38. The fraction of sp³-hybridized carbons (Fsp3) is 0.367. The van der Waals surface area contributed by atoms with Crippen LogP contribution in [-0.2, 0) is 9.63 Å². The van der Waals surface area contributed by atoms with E-state index in [0.29, 0.717) is 29.0 Å². The summed E-state index contributed by atoms with van der Waals surface area (Å²) in [4.78, 5) is 44.9. The smallest absolute Gasteiger partial charge is 0.406 e. The highest BCUT2D eigenvalue weighted by molar-refractivity contribution is 7.20. The van der Waals surface area contributed by atoms with Crippen molar-refractivity contribution in [1.29, 1.82) is 0 Å². The Kier molecular flexibility index (Phi) is 9.45. The van der Waals surface area contributed by atoms with Crippen LogP contribution in [0.1, 0.15) is 66.1 Å². The molecule has 8 nitrogen and oxygen atoms in total. The number of urea groups is 1. The van der Waals surface area contributed by atoms with E-state index < -0.39 is 24.3 Å². The quantitative estimate of drug-likeness (QED) is 0.277. The molecule has 0 bridgehead atoms. The van der Waals surface area contributed by atoms with Crippen LogP contribution in [0.5, 0.6) is 5.75 Å². The first-order chi connectivity index (χ1) is 19.8.